The molecule has 1 aromatic carbocycles. The smallest absolute Gasteiger partial charge is 0.269 e. The summed E-state index contributed by atoms with van der Waals surface area (Å²) in [5, 5.41) is 19.1. The second-order valence-electron chi connectivity index (χ2n) is 5.83. The van der Waals surface area contributed by atoms with Gasteiger partial charge in [-0.05, 0) is 55.5 Å². The topological polar surface area (TPSA) is 87.2 Å². The van der Waals surface area contributed by atoms with Crippen LogP contribution in [-0.4, -0.2) is 41.0 Å². The van der Waals surface area contributed by atoms with Crippen molar-refractivity contribution in [3.8, 4) is 17.0 Å². The van der Waals surface area contributed by atoms with Gasteiger partial charge in [0.2, 0.25) is 0 Å². The molecule has 2 aromatic rings. The van der Waals surface area contributed by atoms with Gasteiger partial charge >= 0.3 is 0 Å². The number of aromatic amines is 1. The van der Waals surface area contributed by atoms with E-state index < -0.39 is 0 Å². The summed E-state index contributed by atoms with van der Waals surface area (Å²) in [7, 11) is 1.62. The average Bonchev–Trinajstić information content (AvgIpc) is 3.31. The van der Waals surface area contributed by atoms with E-state index in [9.17, 15) is 4.79 Å². The highest BCUT2D eigenvalue weighted by atomic mass is 16.5. The molecule has 0 spiro atoms. The summed E-state index contributed by atoms with van der Waals surface area (Å²) in [6, 6.07) is 9.29. The number of carbonyl (C=O) groups is 1. The molecule has 1 heterocycles. The van der Waals surface area contributed by atoms with Crippen LogP contribution in [0.3, 0.4) is 0 Å². The number of aromatic nitrogens is 2. The number of amides is 1. The van der Waals surface area contributed by atoms with Crippen LogP contribution >= 0.6 is 0 Å². The largest absolute Gasteiger partial charge is 0.497 e. The number of H-pyrrole nitrogens is 1. The number of rotatable bonds is 7. The third kappa shape index (κ3) is 3.71. The van der Waals surface area contributed by atoms with Crippen LogP contribution in [0.25, 0.3) is 11.3 Å². The van der Waals surface area contributed by atoms with Gasteiger partial charge in [-0.3, -0.25) is 9.89 Å². The minimum atomic E-state index is -0.178. The fraction of sp³-hybridized carbons (Fsp3) is 0.412. The minimum Gasteiger partial charge on any atom is -0.497 e. The van der Waals surface area contributed by atoms with Crippen LogP contribution in [0.4, 0.5) is 0 Å². The Morgan fingerprint density at radius 1 is 1.43 bits per heavy atom. The quantitative estimate of drug-likeness (QED) is 0.729. The first-order valence-corrected chi connectivity index (χ1v) is 7.83. The van der Waals surface area contributed by atoms with E-state index in [-0.39, 0.29) is 18.6 Å². The molecule has 6 heteroatoms. The summed E-state index contributed by atoms with van der Waals surface area (Å²) in [6.07, 6.45) is 2.83. The van der Waals surface area contributed by atoms with Crippen molar-refractivity contribution in [2.75, 3.05) is 13.7 Å². The van der Waals surface area contributed by atoms with E-state index >= 15 is 0 Å². The predicted octanol–water partition coefficient (Wildman–Crippen LogP) is 1.98. The van der Waals surface area contributed by atoms with Gasteiger partial charge in [0.05, 0.1) is 12.8 Å². The molecule has 1 saturated carbocycles. The van der Waals surface area contributed by atoms with Gasteiger partial charge in [0.1, 0.15) is 11.4 Å². The van der Waals surface area contributed by atoms with Gasteiger partial charge in [0.15, 0.2) is 0 Å². The molecular weight excluding hydrogens is 294 g/mol. The molecule has 6 nitrogen and oxygen atoms in total. The highest BCUT2D eigenvalue weighted by Crippen LogP contribution is 2.34. The second-order valence-corrected chi connectivity index (χ2v) is 5.83. The van der Waals surface area contributed by atoms with Crippen LogP contribution in [0.2, 0.25) is 0 Å². The maximum Gasteiger partial charge on any atom is 0.269 e. The first-order chi connectivity index (χ1) is 11.2. The van der Waals surface area contributed by atoms with Crippen molar-refractivity contribution >= 4 is 5.91 Å². The van der Waals surface area contributed by atoms with Crippen LogP contribution < -0.4 is 10.1 Å². The maximum absolute atomic E-state index is 12.3. The molecule has 1 amide bonds. The number of benzene rings is 1. The average molecular weight is 315 g/mol. The number of nitrogens with zero attached hydrogens (tertiary/aromatic N) is 1. The van der Waals surface area contributed by atoms with Gasteiger partial charge in [0, 0.05) is 18.2 Å². The van der Waals surface area contributed by atoms with Crippen molar-refractivity contribution in [3.63, 3.8) is 0 Å². The highest BCUT2D eigenvalue weighted by molar-refractivity contribution is 5.93. The lowest BCUT2D eigenvalue weighted by Crippen LogP contribution is -2.37. The Labute approximate surface area is 134 Å². The van der Waals surface area contributed by atoms with E-state index in [4.69, 9.17) is 9.84 Å². The van der Waals surface area contributed by atoms with Crippen molar-refractivity contribution in [1.82, 2.24) is 15.5 Å². The minimum absolute atomic E-state index is 0.0419. The zero-order valence-electron chi connectivity index (χ0n) is 13.1. The summed E-state index contributed by atoms with van der Waals surface area (Å²) < 4.78 is 5.13. The summed E-state index contributed by atoms with van der Waals surface area (Å²) >= 11 is 0. The fourth-order valence-electron chi connectivity index (χ4n) is 2.66. The molecule has 1 aromatic heterocycles. The van der Waals surface area contributed by atoms with Gasteiger partial charge in [-0.1, -0.05) is 0 Å². The highest BCUT2D eigenvalue weighted by Gasteiger charge is 2.32. The molecule has 1 unspecified atom stereocenters. The maximum atomic E-state index is 12.3. The lowest BCUT2D eigenvalue weighted by atomic mass is 10.1. The third-order valence-electron chi connectivity index (χ3n) is 4.16. The van der Waals surface area contributed by atoms with Crippen LogP contribution in [0.5, 0.6) is 5.75 Å². The van der Waals surface area contributed by atoms with E-state index in [2.05, 4.69) is 15.5 Å². The van der Waals surface area contributed by atoms with E-state index in [0.29, 0.717) is 23.7 Å². The van der Waals surface area contributed by atoms with Crippen molar-refractivity contribution < 1.29 is 14.6 Å². The molecule has 122 valence electrons. The molecular formula is C17H21N3O3. The number of methoxy groups -OCH3 is 1. The lowest BCUT2D eigenvalue weighted by molar-refractivity contribution is 0.0919. The Hall–Kier alpha value is -2.34. The van der Waals surface area contributed by atoms with Crippen molar-refractivity contribution in [3.05, 3.63) is 36.0 Å². The van der Waals surface area contributed by atoms with Crippen molar-refractivity contribution in [2.45, 2.75) is 25.3 Å². The first kappa shape index (κ1) is 15.6. The zero-order chi connectivity index (χ0) is 16.2. The molecule has 1 fully saturated rings. The Balaban J connectivity index is 1.68. The van der Waals surface area contributed by atoms with Gasteiger partial charge < -0.3 is 15.2 Å². The number of nitrogens with one attached hydrogen (secondary N) is 2. The van der Waals surface area contributed by atoms with Gasteiger partial charge in [0.25, 0.3) is 5.91 Å². The molecule has 23 heavy (non-hydrogen) atoms. The van der Waals surface area contributed by atoms with Gasteiger partial charge in [-0.2, -0.15) is 5.10 Å². The van der Waals surface area contributed by atoms with Gasteiger partial charge in [-0.25, -0.2) is 0 Å². The van der Waals surface area contributed by atoms with Gasteiger partial charge in [-0.15, -0.1) is 0 Å². The molecule has 1 aliphatic rings. The molecule has 0 aliphatic heterocycles. The number of aliphatic hydroxyl groups is 1. The monoisotopic (exact) mass is 315 g/mol. The predicted molar refractivity (Wildman–Crippen MR) is 86.3 cm³/mol. The normalized spacial score (nSPS) is 15.2. The molecule has 3 rings (SSSR count). The second kappa shape index (κ2) is 6.83. The van der Waals surface area contributed by atoms with Crippen LogP contribution in [0, 0.1) is 5.92 Å². The molecule has 0 saturated heterocycles. The molecule has 0 bridgehead atoms. The van der Waals surface area contributed by atoms with E-state index in [1.807, 2.05) is 24.3 Å². The Morgan fingerprint density at radius 3 is 2.78 bits per heavy atom. The standard InChI is InChI=1S/C17H21N3O3/c1-23-13-6-4-12(5-7-13)15-10-16(20-19-15)17(22)18-14(8-9-21)11-2-3-11/h4-7,10-11,14,21H,2-3,8-9H2,1H3,(H,18,22)(H,19,20). The number of hydrogen-bond acceptors (Lipinski definition) is 4. The zero-order valence-corrected chi connectivity index (χ0v) is 13.1. The molecule has 1 aliphatic carbocycles. The van der Waals surface area contributed by atoms with Crippen LogP contribution in [-0.2, 0) is 0 Å². The van der Waals surface area contributed by atoms with Crippen molar-refractivity contribution in [2.24, 2.45) is 5.92 Å². The fourth-order valence-corrected chi connectivity index (χ4v) is 2.66. The van der Waals surface area contributed by atoms with Crippen molar-refractivity contribution in [1.29, 1.82) is 0 Å². The molecule has 3 N–H and O–H groups in total. The summed E-state index contributed by atoms with van der Waals surface area (Å²) in [5.41, 5.74) is 2.05. The number of hydrogen-bond donors (Lipinski definition) is 3. The number of ether oxygens (including phenoxy) is 1. The summed E-state index contributed by atoms with van der Waals surface area (Å²) in [4.78, 5) is 12.3. The molecule has 0 radical (unpaired) electrons. The van der Waals surface area contributed by atoms with Crippen LogP contribution in [0.15, 0.2) is 30.3 Å². The Kier molecular flexibility index (Phi) is 4.62. The van der Waals surface area contributed by atoms with E-state index in [1.54, 1.807) is 13.2 Å². The van der Waals surface area contributed by atoms with Crippen LogP contribution in [0.1, 0.15) is 29.8 Å². The Bertz CT molecular complexity index is 662. The summed E-state index contributed by atoms with van der Waals surface area (Å²) in [6.45, 7) is 0.0848. The van der Waals surface area contributed by atoms with E-state index in [1.165, 1.54) is 0 Å². The third-order valence-corrected chi connectivity index (χ3v) is 4.16. The Morgan fingerprint density at radius 2 is 2.17 bits per heavy atom. The number of carbonyl (C=O) groups excluding carboxylic acids is 1. The lowest BCUT2D eigenvalue weighted by Gasteiger charge is -2.16. The first-order valence-electron chi connectivity index (χ1n) is 7.83. The summed E-state index contributed by atoms with van der Waals surface area (Å²) in [5.74, 6) is 1.09. The number of aliphatic hydroxyl groups excluding tert-OH is 1. The van der Waals surface area contributed by atoms with E-state index in [0.717, 1.165) is 24.2 Å². The molecule has 1 atom stereocenters. The SMILES string of the molecule is COc1ccc(-c2cc(C(=O)NC(CCO)C3CC3)[nH]n2)cc1.